The zero-order valence-electron chi connectivity index (χ0n) is 13.1. The molecular weight excluding hydrogens is 304 g/mol. The molecule has 114 valence electrons. The van der Waals surface area contributed by atoms with Crippen molar-refractivity contribution in [3.63, 3.8) is 0 Å². The van der Waals surface area contributed by atoms with Gasteiger partial charge in [0.15, 0.2) is 0 Å². The van der Waals surface area contributed by atoms with Crippen LogP contribution in [0.5, 0.6) is 5.75 Å². The molecule has 0 spiro atoms. The zero-order chi connectivity index (χ0) is 15.6. The molecule has 5 heteroatoms. The van der Waals surface area contributed by atoms with E-state index in [1.807, 2.05) is 25.3 Å². The van der Waals surface area contributed by atoms with Crippen LogP contribution in [0.2, 0.25) is 5.02 Å². The number of thiazole rings is 1. The number of rotatable bonds is 4. The molecule has 21 heavy (non-hydrogen) atoms. The first-order valence-electron chi connectivity index (χ1n) is 6.84. The molecule has 2 aromatic rings. The van der Waals surface area contributed by atoms with Crippen LogP contribution in [-0.4, -0.2) is 12.1 Å². The van der Waals surface area contributed by atoms with Gasteiger partial charge in [0.05, 0.1) is 24.3 Å². The first-order chi connectivity index (χ1) is 9.81. The second-order valence-corrected chi connectivity index (χ2v) is 7.56. The van der Waals surface area contributed by atoms with E-state index in [0.717, 1.165) is 28.6 Å². The van der Waals surface area contributed by atoms with Crippen LogP contribution in [0.25, 0.3) is 0 Å². The van der Waals surface area contributed by atoms with Crippen molar-refractivity contribution >= 4 is 28.6 Å². The minimum atomic E-state index is 0.0947. The largest absolute Gasteiger partial charge is 0.495 e. The Morgan fingerprint density at radius 3 is 2.62 bits per heavy atom. The van der Waals surface area contributed by atoms with Crippen molar-refractivity contribution in [3.05, 3.63) is 38.8 Å². The fourth-order valence-electron chi connectivity index (χ4n) is 1.89. The van der Waals surface area contributed by atoms with Gasteiger partial charge in [-0.05, 0) is 18.6 Å². The average Bonchev–Trinajstić information content (AvgIpc) is 2.88. The lowest BCUT2D eigenvalue weighted by molar-refractivity contribution is 0.416. The van der Waals surface area contributed by atoms with Crippen LogP contribution in [0.1, 0.15) is 36.2 Å². The number of hydrogen-bond acceptors (Lipinski definition) is 4. The number of anilines is 1. The maximum Gasteiger partial charge on any atom is 0.143 e. The zero-order valence-corrected chi connectivity index (χ0v) is 14.7. The summed E-state index contributed by atoms with van der Waals surface area (Å²) in [6.07, 6.45) is 1.94. The van der Waals surface area contributed by atoms with Crippen molar-refractivity contribution in [2.45, 2.75) is 39.7 Å². The van der Waals surface area contributed by atoms with E-state index < -0.39 is 0 Å². The molecule has 1 aromatic heterocycles. The highest BCUT2D eigenvalue weighted by molar-refractivity contribution is 7.11. The number of methoxy groups -OCH3 is 1. The number of ether oxygens (including phenoxy) is 1. The summed E-state index contributed by atoms with van der Waals surface area (Å²) in [4.78, 5) is 5.70. The van der Waals surface area contributed by atoms with E-state index in [0.29, 0.717) is 5.02 Å². The topological polar surface area (TPSA) is 34.1 Å². The third kappa shape index (κ3) is 3.89. The van der Waals surface area contributed by atoms with Crippen LogP contribution >= 0.6 is 22.9 Å². The Kier molecular flexibility index (Phi) is 4.79. The van der Waals surface area contributed by atoms with Crippen LogP contribution in [0.4, 0.5) is 5.69 Å². The summed E-state index contributed by atoms with van der Waals surface area (Å²) < 4.78 is 5.37. The van der Waals surface area contributed by atoms with E-state index in [4.69, 9.17) is 16.3 Å². The van der Waals surface area contributed by atoms with Gasteiger partial charge in [0.1, 0.15) is 5.75 Å². The van der Waals surface area contributed by atoms with Crippen molar-refractivity contribution in [2.24, 2.45) is 0 Å². The van der Waals surface area contributed by atoms with Crippen molar-refractivity contribution < 1.29 is 4.74 Å². The number of aromatic nitrogens is 1. The van der Waals surface area contributed by atoms with Crippen molar-refractivity contribution in [1.29, 1.82) is 0 Å². The van der Waals surface area contributed by atoms with Crippen LogP contribution in [0, 0.1) is 6.92 Å². The fourth-order valence-corrected chi connectivity index (χ4v) is 2.95. The second kappa shape index (κ2) is 6.24. The lowest BCUT2D eigenvalue weighted by atomic mass is 9.98. The van der Waals surface area contributed by atoms with E-state index in [9.17, 15) is 0 Å². The summed E-state index contributed by atoms with van der Waals surface area (Å²) in [5, 5.41) is 5.26. The molecule has 3 nitrogen and oxygen atoms in total. The van der Waals surface area contributed by atoms with Gasteiger partial charge in [-0.15, -0.1) is 11.3 Å². The van der Waals surface area contributed by atoms with Crippen LogP contribution in [-0.2, 0) is 12.0 Å². The fraction of sp³-hybridized carbons (Fsp3) is 0.438. The van der Waals surface area contributed by atoms with Gasteiger partial charge in [-0.25, -0.2) is 4.98 Å². The van der Waals surface area contributed by atoms with E-state index in [2.05, 4.69) is 31.1 Å². The Balaban J connectivity index is 2.13. The highest BCUT2D eigenvalue weighted by Gasteiger charge is 2.18. The Bertz CT molecular complexity index is 632. The lowest BCUT2D eigenvalue weighted by Crippen LogP contribution is -2.09. The summed E-state index contributed by atoms with van der Waals surface area (Å²) in [5.74, 6) is 0.756. The molecule has 0 amide bonds. The molecular formula is C16H21ClN2OS. The quantitative estimate of drug-likeness (QED) is 0.857. The van der Waals surface area contributed by atoms with Gasteiger partial charge >= 0.3 is 0 Å². The minimum Gasteiger partial charge on any atom is -0.495 e. The van der Waals surface area contributed by atoms with Gasteiger partial charge in [-0.3, -0.25) is 0 Å². The van der Waals surface area contributed by atoms with Gasteiger partial charge in [-0.2, -0.15) is 0 Å². The van der Waals surface area contributed by atoms with E-state index >= 15 is 0 Å². The summed E-state index contributed by atoms with van der Waals surface area (Å²) in [5.41, 5.74) is 2.07. The molecule has 0 atom stereocenters. The molecule has 0 saturated carbocycles. The van der Waals surface area contributed by atoms with Gasteiger partial charge in [-0.1, -0.05) is 32.4 Å². The third-order valence-electron chi connectivity index (χ3n) is 3.13. The molecule has 0 radical (unpaired) electrons. The Labute approximate surface area is 135 Å². The standard InChI is InChI=1S/C16H21ClN2OS/c1-10-6-13(14(20-5)7-12(10)17)18-8-11-9-19-15(21-11)16(2,3)4/h6-7,9,18H,8H2,1-5H3. The van der Waals surface area contributed by atoms with E-state index in [1.54, 1.807) is 18.4 Å². The number of benzene rings is 1. The summed E-state index contributed by atoms with van der Waals surface area (Å²) in [6, 6.07) is 3.85. The van der Waals surface area contributed by atoms with Gasteiger partial charge in [0.2, 0.25) is 0 Å². The molecule has 0 fully saturated rings. The van der Waals surface area contributed by atoms with Crippen LogP contribution in [0.3, 0.4) is 0 Å². The summed E-state index contributed by atoms with van der Waals surface area (Å²) in [6.45, 7) is 9.24. The average molecular weight is 325 g/mol. The lowest BCUT2D eigenvalue weighted by Gasteiger charge is -2.14. The Morgan fingerprint density at radius 1 is 1.33 bits per heavy atom. The molecule has 2 rings (SSSR count). The first-order valence-corrected chi connectivity index (χ1v) is 8.04. The molecule has 0 aliphatic rings. The second-order valence-electron chi connectivity index (χ2n) is 6.04. The SMILES string of the molecule is COc1cc(Cl)c(C)cc1NCc1cnc(C(C)(C)C)s1. The highest BCUT2D eigenvalue weighted by Crippen LogP contribution is 2.32. The maximum atomic E-state index is 6.12. The molecule has 0 aliphatic heterocycles. The van der Waals surface area contributed by atoms with Crippen molar-refractivity contribution in [1.82, 2.24) is 4.98 Å². The maximum absolute atomic E-state index is 6.12. The van der Waals surface area contributed by atoms with Gasteiger partial charge in [0.25, 0.3) is 0 Å². The molecule has 0 unspecified atom stereocenters. The predicted octanol–water partition coefficient (Wildman–Crippen LogP) is 5.02. The molecule has 1 aromatic carbocycles. The third-order valence-corrected chi connectivity index (χ3v) is 4.96. The molecule has 1 heterocycles. The normalized spacial score (nSPS) is 11.5. The van der Waals surface area contributed by atoms with Gasteiger partial charge < -0.3 is 10.1 Å². The van der Waals surface area contributed by atoms with E-state index in [-0.39, 0.29) is 5.41 Å². The molecule has 0 bridgehead atoms. The number of aryl methyl sites for hydroxylation is 1. The number of halogens is 1. The van der Waals surface area contributed by atoms with Gasteiger partial charge in [0, 0.05) is 27.6 Å². The van der Waals surface area contributed by atoms with Crippen molar-refractivity contribution in [3.8, 4) is 5.75 Å². The molecule has 0 saturated heterocycles. The number of nitrogens with one attached hydrogen (secondary N) is 1. The Morgan fingerprint density at radius 2 is 2.05 bits per heavy atom. The van der Waals surface area contributed by atoms with Crippen molar-refractivity contribution in [2.75, 3.05) is 12.4 Å². The monoisotopic (exact) mass is 324 g/mol. The highest BCUT2D eigenvalue weighted by atomic mass is 35.5. The number of hydrogen-bond donors (Lipinski definition) is 1. The predicted molar refractivity (Wildman–Crippen MR) is 90.9 cm³/mol. The van der Waals surface area contributed by atoms with Crippen LogP contribution in [0.15, 0.2) is 18.3 Å². The summed E-state index contributed by atoms with van der Waals surface area (Å²) in [7, 11) is 1.65. The van der Waals surface area contributed by atoms with Crippen LogP contribution < -0.4 is 10.1 Å². The summed E-state index contributed by atoms with van der Waals surface area (Å²) >= 11 is 7.86. The number of nitrogens with zero attached hydrogens (tertiary/aromatic N) is 1. The first kappa shape index (κ1) is 16.1. The Hall–Kier alpha value is -1.26. The molecule has 0 aliphatic carbocycles. The van der Waals surface area contributed by atoms with E-state index in [1.165, 1.54) is 4.88 Å². The minimum absolute atomic E-state index is 0.0947. The molecule has 1 N–H and O–H groups in total. The smallest absolute Gasteiger partial charge is 0.143 e.